The van der Waals surface area contributed by atoms with E-state index >= 15 is 0 Å². The molecule has 2 aliphatic rings. The molecule has 23 heavy (non-hydrogen) atoms. The topological polar surface area (TPSA) is 41.0 Å². The quantitative estimate of drug-likeness (QED) is 0.928. The Morgan fingerprint density at radius 2 is 2.00 bits per heavy atom. The molecule has 0 spiro atoms. The second kappa shape index (κ2) is 6.36. The number of thiophene rings is 1. The predicted octanol–water partition coefficient (Wildman–Crippen LogP) is 3.71. The smallest absolute Gasteiger partial charge is 0.138 e. The molecule has 2 aliphatic carbocycles. The molecule has 0 aromatic carbocycles. The van der Waals surface area contributed by atoms with Crippen LogP contribution in [0.5, 0.6) is 0 Å². The first kappa shape index (κ1) is 15.3. The fourth-order valence-corrected chi connectivity index (χ4v) is 5.40. The number of rotatable bonds is 4. The van der Waals surface area contributed by atoms with E-state index in [0.717, 1.165) is 24.3 Å². The molecule has 0 aliphatic heterocycles. The molecule has 124 valence electrons. The largest absolute Gasteiger partial charge is 0.369 e. The highest BCUT2D eigenvalue weighted by Gasteiger charge is 2.24. The van der Waals surface area contributed by atoms with E-state index < -0.39 is 0 Å². The molecule has 2 heterocycles. The van der Waals surface area contributed by atoms with E-state index in [1.54, 1.807) is 6.33 Å². The molecule has 0 radical (unpaired) electrons. The molecular formula is C18H26N4S. The molecule has 0 bridgehead atoms. The fourth-order valence-electron chi connectivity index (χ4n) is 4.17. The molecule has 0 saturated heterocycles. The monoisotopic (exact) mass is 330 g/mol. The van der Waals surface area contributed by atoms with Crippen LogP contribution in [0.4, 0.5) is 5.82 Å². The Morgan fingerprint density at radius 3 is 2.78 bits per heavy atom. The van der Waals surface area contributed by atoms with Crippen LogP contribution in [0.15, 0.2) is 6.33 Å². The Morgan fingerprint density at radius 1 is 1.17 bits per heavy atom. The van der Waals surface area contributed by atoms with Gasteiger partial charge in [0.15, 0.2) is 0 Å². The van der Waals surface area contributed by atoms with Crippen LogP contribution in [0.25, 0.3) is 10.2 Å². The van der Waals surface area contributed by atoms with Gasteiger partial charge in [-0.25, -0.2) is 9.97 Å². The Bertz CT molecular complexity index is 686. The van der Waals surface area contributed by atoms with Crippen LogP contribution in [0.1, 0.15) is 42.5 Å². The van der Waals surface area contributed by atoms with Crippen LogP contribution < -0.4 is 5.32 Å². The van der Waals surface area contributed by atoms with Crippen LogP contribution in [0, 0.1) is 5.92 Å². The minimum atomic E-state index is 0.775. The molecule has 2 aromatic heterocycles. The fraction of sp³-hybridized carbons (Fsp3) is 0.667. The van der Waals surface area contributed by atoms with Crippen molar-refractivity contribution in [2.75, 3.05) is 26.0 Å². The Labute approximate surface area is 142 Å². The van der Waals surface area contributed by atoms with Gasteiger partial charge in [0.25, 0.3) is 0 Å². The summed E-state index contributed by atoms with van der Waals surface area (Å²) in [5, 5.41) is 4.97. The minimum Gasteiger partial charge on any atom is -0.369 e. The molecule has 1 fully saturated rings. The minimum absolute atomic E-state index is 0.775. The highest BCUT2D eigenvalue weighted by molar-refractivity contribution is 7.19. The summed E-state index contributed by atoms with van der Waals surface area (Å²) in [6, 6.07) is 0.775. The number of anilines is 1. The summed E-state index contributed by atoms with van der Waals surface area (Å²) in [6.45, 7) is 1.05. The van der Waals surface area contributed by atoms with Crippen molar-refractivity contribution in [1.82, 2.24) is 14.9 Å². The molecule has 1 saturated carbocycles. The van der Waals surface area contributed by atoms with Gasteiger partial charge < -0.3 is 10.2 Å². The summed E-state index contributed by atoms with van der Waals surface area (Å²) in [5.74, 6) is 1.85. The maximum absolute atomic E-state index is 4.56. The average molecular weight is 331 g/mol. The Kier molecular flexibility index (Phi) is 4.24. The first-order valence-corrected chi connectivity index (χ1v) is 9.69. The SMILES string of the molecule is CN(C)C1CCC(CNc2ncnc3sc4c(c23)CCC4)CC1. The zero-order chi connectivity index (χ0) is 15.8. The number of nitrogens with zero attached hydrogens (tertiary/aromatic N) is 3. The zero-order valence-corrected chi connectivity index (χ0v) is 15.0. The van der Waals surface area contributed by atoms with E-state index in [2.05, 4.69) is 34.3 Å². The molecular weight excluding hydrogens is 304 g/mol. The van der Waals surface area contributed by atoms with Gasteiger partial charge in [0.2, 0.25) is 0 Å². The van der Waals surface area contributed by atoms with E-state index in [0.29, 0.717) is 0 Å². The van der Waals surface area contributed by atoms with Gasteiger partial charge in [-0.15, -0.1) is 11.3 Å². The zero-order valence-electron chi connectivity index (χ0n) is 14.1. The molecule has 4 rings (SSSR count). The van der Waals surface area contributed by atoms with Crippen molar-refractivity contribution in [3.8, 4) is 0 Å². The molecule has 4 nitrogen and oxygen atoms in total. The van der Waals surface area contributed by atoms with Gasteiger partial charge in [-0.2, -0.15) is 0 Å². The lowest BCUT2D eigenvalue weighted by molar-refractivity contribution is 0.198. The summed E-state index contributed by atoms with van der Waals surface area (Å²) in [5.41, 5.74) is 1.52. The summed E-state index contributed by atoms with van der Waals surface area (Å²) in [6.07, 6.45) is 10.7. The molecule has 0 atom stereocenters. The standard InChI is InChI=1S/C18H26N4S/c1-22(2)13-8-6-12(7-9-13)10-19-17-16-14-4-3-5-15(14)23-18(16)21-11-20-17/h11-13H,3-10H2,1-2H3,(H,19,20,21). The third kappa shape index (κ3) is 2.96. The highest BCUT2D eigenvalue weighted by atomic mass is 32.1. The number of aromatic nitrogens is 2. The van der Waals surface area contributed by atoms with Gasteiger partial charge in [0.05, 0.1) is 5.39 Å². The maximum atomic E-state index is 4.56. The summed E-state index contributed by atoms with van der Waals surface area (Å²) in [4.78, 5) is 14.1. The first-order valence-electron chi connectivity index (χ1n) is 8.88. The van der Waals surface area contributed by atoms with Crippen LogP contribution in [0.2, 0.25) is 0 Å². The maximum Gasteiger partial charge on any atom is 0.138 e. The van der Waals surface area contributed by atoms with Crippen molar-refractivity contribution in [3.63, 3.8) is 0 Å². The van der Waals surface area contributed by atoms with Gasteiger partial charge >= 0.3 is 0 Å². The van der Waals surface area contributed by atoms with Crippen molar-refractivity contribution in [3.05, 3.63) is 16.8 Å². The summed E-state index contributed by atoms with van der Waals surface area (Å²) in [7, 11) is 4.41. The molecule has 2 aromatic rings. The van der Waals surface area contributed by atoms with E-state index in [9.17, 15) is 0 Å². The summed E-state index contributed by atoms with van der Waals surface area (Å²) >= 11 is 1.87. The van der Waals surface area contributed by atoms with Crippen molar-refractivity contribution < 1.29 is 0 Å². The first-order chi connectivity index (χ1) is 11.2. The second-order valence-corrected chi connectivity index (χ2v) is 8.36. The van der Waals surface area contributed by atoms with Crippen LogP contribution in [-0.4, -0.2) is 41.5 Å². The van der Waals surface area contributed by atoms with Gasteiger partial charge in [-0.3, -0.25) is 0 Å². The highest BCUT2D eigenvalue weighted by Crippen LogP contribution is 2.39. The number of hydrogen-bond acceptors (Lipinski definition) is 5. The van der Waals surface area contributed by atoms with E-state index in [1.807, 2.05) is 11.3 Å². The van der Waals surface area contributed by atoms with Crippen LogP contribution in [-0.2, 0) is 12.8 Å². The number of hydrogen-bond donors (Lipinski definition) is 1. The number of nitrogens with one attached hydrogen (secondary N) is 1. The van der Waals surface area contributed by atoms with Gasteiger partial charge in [0, 0.05) is 17.5 Å². The van der Waals surface area contributed by atoms with Crippen molar-refractivity contribution in [1.29, 1.82) is 0 Å². The van der Waals surface area contributed by atoms with Gasteiger partial charge in [0.1, 0.15) is 17.0 Å². The van der Waals surface area contributed by atoms with E-state index in [-0.39, 0.29) is 0 Å². The predicted molar refractivity (Wildman–Crippen MR) is 97.4 cm³/mol. The lowest BCUT2D eigenvalue weighted by Crippen LogP contribution is -2.33. The second-order valence-electron chi connectivity index (χ2n) is 7.28. The van der Waals surface area contributed by atoms with E-state index in [4.69, 9.17) is 0 Å². The Balaban J connectivity index is 1.45. The van der Waals surface area contributed by atoms with Crippen molar-refractivity contribution in [2.45, 2.75) is 51.0 Å². The molecule has 0 amide bonds. The lowest BCUT2D eigenvalue weighted by Gasteiger charge is -2.32. The molecule has 5 heteroatoms. The van der Waals surface area contributed by atoms with Crippen LogP contribution >= 0.6 is 11.3 Å². The molecule has 0 unspecified atom stereocenters. The Hall–Kier alpha value is -1.20. The van der Waals surface area contributed by atoms with Crippen molar-refractivity contribution >= 4 is 27.4 Å². The number of aryl methyl sites for hydroxylation is 2. The third-order valence-corrected chi connectivity index (χ3v) is 6.81. The normalized spacial score (nSPS) is 24.3. The van der Waals surface area contributed by atoms with Crippen LogP contribution in [0.3, 0.4) is 0 Å². The lowest BCUT2D eigenvalue weighted by atomic mass is 9.85. The van der Waals surface area contributed by atoms with E-state index in [1.165, 1.54) is 65.6 Å². The van der Waals surface area contributed by atoms with Crippen molar-refractivity contribution in [2.24, 2.45) is 5.92 Å². The molecule has 1 N–H and O–H groups in total. The average Bonchev–Trinajstić information content (AvgIpc) is 3.14. The third-order valence-electron chi connectivity index (χ3n) is 5.61. The van der Waals surface area contributed by atoms with Gasteiger partial charge in [-0.05, 0) is 70.5 Å². The number of fused-ring (bicyclic) bond motifs is 3. The summed E-state index contributed by atoms with van der Waals surface area (Å²) < 4.78 is 0. The van der Waals surface area contributed by atoms with Gasteiger partial charge in [-0.1, -0.05) is 0 Å².